The molecular weight excluding hydrogens is 755 g/mol. The van der Waals surface area contributed by atoms with Gasteiger partial charge in [0.1, 0.15) is 16.7 Å². The summed E-state index contributed by atoms with van der Waals surface area (Å²) in [5, 5.41) is 6.64. The van der Waals surface area contributed by atoms with Crippen molar-refractivity contribution in [2.24, 2.45) is 0 Å². The third-order valence-electron chi connectivity index (χ3n) is 13.1. The highest BCUT2D eigenvalue weighted by Crippen LogP contribution is 2.58. The van der Waals surface area contributed by atoms with Crippen molar-refractivity contribution in [3.63, 3.8) is 0 Å². The Balaban J connectivity index is 1.01. The molecule has 0 amide bonds. The van der Waals surface area contributed by atoms with Gasteiger partial charge in [-0.25, -0.2) is 0 Å². The molecular formula is C59H37NO2. The number of para-hydroxylation sites is 2. The second kappa shape index (κ2) is 13.4. The zero-order valence-electron chi connectivity index (χ0n) is 33.6. The van der Waals surface area contributed by atoms with Gasteiger partial charge in [-0.2, -0.15) is 0 Å². The van der Waals surface area contributed by atoms with E-state index in [1.54, 1.807) is 0 Å². The molecule has 2 heterocycles. The van der Waals surface area contributed by atoms with E-state index >= 15 is 0 Å². The molecule has 13 rings (SSSR count). The number of hydrogen-bond acceptors (Lipinski definition) is 3. The van der Waals surface area contributed by atoms with Gasteiger partial charge in [0.05, 0.1) is 16.8 Å². The van der Waals surface area contributed by atoms with E-state index in [-0.39, 0.29) is 0 Å². The fraction of sp³-hybridized carbons (Fsp3) is 0.0169. The number of anilines is 3. The van der Waals surface area contributed by atoms with Crippen molar-refractivity contribution in [2.45, 2.75) is 5.41 Å². The van der Waals surface area contributed by atoms with Gasteiger partial charge in [0.15, 0.2) is 5.58 Å². The maximum Gasteiger partial charge on any atom is 0.159 e. The molecule has 0 saturated carbocycles. The molecule has 3 nitrogen and oxygen atoms in total. The molecule has 2 aromatic heterocycles. The summed E-state index contributed by atoms with van der Waals surface area (Å²) < 4.78 is 13.4. The van der Waals surface area contributed by atoms with Gasteiger partial charge in [0.2, 0.25) is 0 Å². The van der Waals surface area contributed by atoms with Crippen molar-refractivity contribution in [3.05, 3.63) is 247 Å². The fourth-order valence-electron chi connectivity index (χ4n) is 10.5. The summed E-state index contributed by atoms with van der Waals surface area (Å²) in [6.45, 7) is 0. The van der Waals surface area contributed by atoms with Crippen LogP contribution in [0, 0.1) is 0 Å². The minimum atomic E-state index is -0.465. The average molecular weight is 792 g/mol. The lowest BCUT2D eigenvalue weighted by Crippen LogP contribution is -2.28. The molecule has 10 aromatic carbocycles. The van der Waals surface area contributed by atoms with Crippen LogP contribution in [0.4, 0.5) is 17.1 Å². The number of fused-ring (bicyclic) bond motifs is 11. The van der Waals surface area contributed by atoms with Gasteiger partial charge >= 0.3 is 0 Å². The van der Waals surface area contributed by atoms with E-state index in [4.69, 9.17) is 8.83 Å². The molecule has 62 heavy (non-hydrogen) atoms. The van der Waals surface area contributed by atoms with Crippen LogP contribution in [0.3, 0.4) is 0 Å². The Morgan fingerprint density at radius 2 is 0.952 bits per heavy atom. The second-order valence-electron chi connectivity index (χ2n) is 16.3. The number of hydrogen-bond donors (Lipinski definition) is 0. The molecule has 0 saturated heterocycles. The molecule has 0 aliphatic heterocycles. The van der Waals surface area contributed by atoms with E-state index in [1.165, 1.54) is 38.9 Å². The van der Waals surface area contributed by atoms with Crippen LogP contribution in [-0.4, -0.2) is 0 Å². The first kappa shape index (κ1) is 34.7. The van der Waals surface area contributed by atoms with Gasteiger partial charge in [-0.1, -0.05) is 176 Å². The Bertz CT molecular complexity index is 3650. The van der Waals surface area contributed by atoms with Crippen LogP contribution < -0.4 is 4.90 Å². The standard InChI is InChI=1S/C59H37NO2/c1-3-16-40(17-4-1)59(41-18-5-2-6-19-41)51-25-11-9-22-50(51)56-44(23-13-26-52(56)59)39-29-32-42(33-30-39)60(43-34-36-47-46-21-10-12-28-54(46)61-55(47)37-43)53-27-14-24-48-49-35-31-38-15-7-8-20-45(38)57(49)62-58(48)53/h1-37H. The summed E-state index contributed by atoms with van der Waals surface area (Å²) in [4.78, 5) is 2.31. The Labute approximate surface area is 358 Å². The fourth-order valence-corrected chi connectivity index (χ4v) is 10.5. The summed E-state index contributed by atoms with van der Waals surface area (Å²) in [6, 6.07) is 80.9. The van der Waals surface area contributed by atoms with Crippen molar-refractivity contribution in [1.29, 1.82) is 0 Å². The Hall–Kier alpha value is -8.14. The van der Waals surface area contributed by atoms with E-state index in [0.717, 1.165) is 77.3 Å². The van der Waals surface area contributed by atoms with Gasteiger partial charge in [-0.05, 0) is 92.4 Å². The van der Waals surface area contributed by atoms with Gasteiger partial charge in [0.25, 0.3) is 0 Å². The SMILES string of the molecule is c1ccc(C2(c3ccccc3)c3ccccc3-c3c(-c4ccc(N(c5ccc6c(c5)oc5ccccc56)c5cccc6c5oc5c7ccccc7ccc65)cc4)cccc32)cc1. The van der Waals surface area contributed by atoms with Crippen molar-refractivity contribution in [1.82, 2.24) is 0 Å². The van der Waals surface area contributed by atoms with E-state index in [9.17, 15) is 0 Å². The number of nitrogens with zero attached hydrogens (tertiary/aromatic N) is 1. The monoisotopic (exact) mass is 791 g/mol. The van der Waals surface area contributed by atoms with Crippen molar-refractivity contribution in [3.8, 4) is 22.3 Å². The Morgan fingerprint density at radius 3 is 1.77 bits per heavy atom. The number of benzene rings is 10. The van der Waals surface area contributed by atoms with Crippen LogP contribution in [0.15, 0.2) is 233 Å². The maximum atomic E-state index is 6.96. The number of furan rings is 2. The predicted octanol–water partition coefficient (Wildman–Crippen LogP) is 16.1. The highest BCUT2D eigenvalue weighted by molar-refractivity contribution is 6.18. The maximum absolute atomic E-state index is 6.96. The van der Waals surface area contributed by atoms with E-state index in [2.05, 4.69) is 217 Å². The predicted molar refractivity (Wildman–Crippen MR) is 256 cm³/mol. The molecule has 0 bridgehead atoms. The molecule has 12 aromatic rings. The zero-order chi connectivity index (χ0) is 40.8. The smallest absolute Gasteiger partial charge is 0.159 e. The van der Waals surface area contributed by atoms with Gasteiger partial charge in [0, 0.05) is 38.7 Å². The minimum Gasteiger partial charge on any atom is -0.456 e. The average Bonchev–Trinajstić information content (AvgIpc) is 4.01. The van der Waals surface area contributed by atoms with E-state index in [0.29, 0.717) is 0 Å². The molecule has 0 spiro atoms. The second-order valence-corrected chi connectivity index (χ2v) is 16.3. The summed E-state index contributed by atoms with van der Waals surface area (Å²) in [7, 11) is 0. The molecule has 0 fully saturated rings. The van der Waals surface area contributed by atoms with Crippen LogP contribution in [-0.2, 0) is 5.41 Å². The first-order chi connectivity index (χ1) is 30.8. The Kier molecular flexibility index (Phi) is 7.52. The third kappa shape index (κ3) is 4.94. The van der Waals surface area contributed by atoms with Crippen LogP contribution in [0.2, 0.25) is 0 Å². The van der Waals surface area contributed by atoms with Crippen molar-refractivity contribution >= 4 is 71.7 Å². The largest absolute Gasteiger partial charge is 0.456 e. The molecule has 0 radical (unpaired) electrons. The van der Waals surface area contributed by atoms with Crippen LogP contribution >= 0.6 is 0 Å². The van der Waals surface area contributed by atoms with E-state index < -0.39 is 5.41 Å². The summed E-state index contributed by atoms with van der Waals surface area (Å²) in [5.74, 6) is 0. The molecule has 3 heteroatoms. The zero-order valence-corrected chi connectivity index (χ0v) is 33.6. The normalized spacial score (nSPS) is 13.0. The quantitative estimate of drug-likeness (QED) is 0.168. The lowest BCUT2D eigenvalue weighted by atomic mass is 9.67. The molecule has 1 aliphatic carbocycles. The lowest BCUT2D eigenvalue weighted by molar-refractivity contribution is 0.668. The first-order valence-corrected chi connectivity index (χ1v) is 21.2. The third-order valence-corrected chi connectivity index (χ3v) is 13.1. The molecule has 0 atom stereocenters. The van der Waals surface area contributed by atoms with Crippen LogP contribution in [0.1, 0.15) is 22.3 Å². The van der Waals surface area contributed by atoms with Crippen LogP contribution in [0.25, 0.3) is 76.9 Å². The van der Waals surface area contributed by atoms with Gasteiger partial charge in [-0.15, -0.1) is 0 Å². The molecule has 0 unspecified atom stereocenters. The summed E-state index contributed by atoms with van der Waals surface area (Å²) in [6.07, 6.45) is 0. The van der Waals surface area contributed by atoms with E-state index in [1.807, 2.05) is 12.1 Å². The van der Waals surface area contributed by atoms with Crippen molar-refractivity contribution in [2.75, 3.05) is 4.90 Å². The first-order valence-electron chi connectivity index (χ1n) is 21.2. The van der Waals surface area contributed by atoms with Gasteiger partial charge in [-0.3, -0.25) is 0 Å². The molecule has 290 valence electrons. The van der Waals surface area contributed by atoms with Gasteiger partial charge < -0.3 is 13.7 Å². The molecule has 0 N–H and O–H groups in total. The minimum absolute atomic E-state index is 0.465. The van der Waals surface area contributed by atoms with Crippen molar-refractivity contribution < 1.29 is 8.83 Å². The van der Waals surface area contributed by atoms with Crippen LogP contribution in [0.5, 0.6) is 0 Å². The lowest BCUT2D eigenvalue weighted by Gasteiger charge is -2.34. The highest BCUT2D eigenvalue weighted by Gasteiger charge is 2.46. The highest BCUT2D eigenvalue weighted by atomic mass is 16.3. The summed E-state index contributed by atoms with van der Waals surface area (Å²) in [5.41, 5.74) is 15.9. The molecule has 1 aliphatic rings. The topological polar surface area (TPSA) is 29.5 Å². The number of rotatable bonds is 6. The summed E-state index contributed by atoms with van der Waals surface area (Å²) >= 11 is 0. The Morgan fingerprint density at radius 1 is 0.355 bits per heavy atom.